The summed E-state index contributed by atoms with van der Waals surface area (Å²) in [6, 6.07) is 13.1. The van der Waals surface area contributed by atoms with Crippen molar-refractivity contribution in [2.24, 2.45) is 0 Å². The van der Waals surface area contributed by atoms with Crippen LogP contribution in [0.5, 0.6) is 5.75 Å². The third-order valence-corrected chi connectivity index (χ3v) is 5.73. The zero-order chi connectivity index (χ0) is 19.7. The summed E-state index contributed by atoms with van der Waals surface area (Å²) in [7, 11) is 0.579. The number of methoxy groups -OCH3 is 1. The number of amides is 1. The molecular formula is C20H18FN3O3S. The van der Waals surface area contributed by atoms with Crippen LogP contribution in [-0.2, 0) is 33.5 Å². The van der Waals surface area contributed by atoms with Gasteiger partial charge in [0, 0.05) is 16.4 Å². The molecule has 2 aromatic carbocycles. The monoisotopic (exact) mass is 399 g/mol. The van der Waals surface area contributed by atoms with Gasteiger partial charge >= 0.3 is 0 Å². The van der Waals surface area contributed by atoms with Gasteiger partial charge in [-0.2, -0.15) is 5.10 Å². The Bertz CT molecular complexity index is 1050. The number of halogens is 1. The van der Waals surface area contributed by atoms with Crippen LogP contribution in [0.15, 0.2) is 48.5 Å². The zero-order valence-electron chi connectivity index (χ0n) is 15.1. The average Bonchev–Trinajstić information content (AvgIpc) is 3.21. The Morgan fingerprint density at radius 2 is 1.89 bits per heavy atom. The van der Waals surface area contributed by atoms with Crippen molar-refractivity contribution in [2.45, 2.75) is 17.9 Å². The summed E-state index contributed by atoms with van der Waals surface area (Å²) in [6.45, 7) is 0. The van der Waals surface area contributed by atoms with Crippen LogP contribution in [0.2, 0.25) is 0 Å². The molecule has 0 unspecified atom stereocenters. The van der Waals surface area contributed by atoms with E-state index in [-0.39, 0.29) is 18.1 Å². The van der Waals surface area contributed by atoms with Crippen molar-refractivity contribution < 1.29 is 18.1 Å². The van der Waals surface area contributed by atoms with Gasteiger partial charge in [0.25, 0.3) is 0 Å². The van der Waals surface area contributed by atoms with E-state index in [1.807, 2.05) is 24.3 Å². The molecule has 1 atom stereocenters. The van der Waals surface area contributed by atoms with E-state index in [0.717, 1.165) is 16.9 Å². The van der Waals surface area contributed by atoms with Gasteiger partial charge in [0.1, 0.15) is 17.4 Å². The highest BCUT2D eigenvalue weighted by Gasteiger charge is 2.28. The molecule has 4 rings (SSSR count). The average molecular weight is 399 g/mol. The number of ether oxygens (including phenoxy) is 1. The van der Waals surface area contributed by atoms with Crippen LogP contribution < -0.4 is 10.1 Å². The number of carbonyl (C=O) groups is 1. The van der Waals surface area contributed by atoms with Crippen molar-refractivity contribution in [1.29, 1.82) is 0 Å². The fourth-order valence-corrected chi connectivity index (χ4v) is 4.39. The summed E-state index contributed by atoms with van der Waals surface area (Å²) < 4.78 is 31.9. The van der Waals surface area contributed by atoms with Crippen molar-refractivity contribution in [2.75, 3.05) is 12.4 Å². The van der Waals surface area contributed by atoms with E-state index in [2.05, 4.69) is 10.4 Å². The van der Waals surface area contributed by atoms with Crippen LogP contribution in [0.25, 0.3) is 5.69 Å². The van der Waals surface area contributed by atoms with Gasteiger partial charge in [0.15, 0.2) is 0 Å². The number of anilines is 1. The highest BCUT2D eigenvalue weighted by molar-refractivity contribution is 7.83. The highest BCUT2D eigenvalue weighted by Crippen LogP contribution is 2.31. The lowest BCUT2D eigenvalue weighted by atomic mass is 10.1. The summed E-state index contributed by atoms with van der Waals surface area (Å²) in [5.74, 6) is 1.38. The second-order valence-corrected chi connectivity index (χ2v) is 7.92. The highest BCUT2D eigenvalue weighted by atomic mass is 32.2. The van der Waals surface area contributed by atoms with Crippen molar-refractivity contribution in [1.82, 2.24) is 9.78 Å². The molecule has 0 spiro atoms. The van der Waals surface area contributed by atoms with Gasteiger partial charge < -0.3 is 10.1 Å². The molecule has 1 aliphatic rings. The largest absolute Gasteiger partial charge is 0.497 e. The predicted octanol–water partition coefficient (Wildman–Crippen LogP) is 2.96. The maximum absolute atomic E-state index is 13.1. The standard InChI is InChI=1S/C20H18FN3O3S/c1-27-16-8-6-15(7-9-16)24-20(17-11-28(26)12-18(17)23-24)22-19(25)10-13-2-4-14(21)5-3-13/h2-9H,10-12H2,1H3,(H,22,25)/t28-/m1/s1. The fraction of sp³-hybridized carbons (Fsp3) is 0.200. The molecule has 0 radical (unpaired) electrons. The number of rotatable bonds is 5. The molecule has 28 heavy (non-hydrogen) atoms. The van der Waals surface area contributed by atoms with E-state index < -0.39 is 10.8 Å². The molecule has 6 nitrogen and oxygen atoms in total. The molecule has 0 saturated carbocycles. The molecule has 1 aromatic heterocycles. The molecule has 0 saturated heterocycles. The molecule has 144 valence electrons. The summed E-state index contributed by atoms with van der Waals surface area (Å²) in [5, 5.41) is 7.46. The quantitative estimate of drug-likeness (QED) is 0.716. The van der Waals surface area contributed by atoms with Gasteiger partial charge in [-0.15, -0.1) is 0 Å². The third kappa shape index (κ3) is 3.68. The first-order valence-corrected chi connectivity index (χ1v) is 10.2. The van der Waals surface area contributed by atoms with E-state index in [1.54, 1.807) is 23.9 Å². The maximum Gasteiger partial charge on any atom is 0.229 e. The maximum atomic E-state index is 13.1. The number of carbonyl (C=O) groups excluding carboxylic acids is 1. The summed E-state index contributed by atoms with van der Waals surface area (Å²) in [5.41, 5.74) is 2.99. The molecule has 0 bridgehead atoms. The number of fused-ring (bicyclic) bond motifs is 1. The molecule has 0 aliphatic carbocycles. The Hall–Kier alpha value is -3.00. The Labute approximate surface area is 163 Å². The molecule has 1 aliphatic heterocycles. The van der Waals surface area contributed by atoms with Crippen LogP contribution in [0, 0.1) is 5.82 Å². The lowest BCUT2D eigenvalue weighted by Gasteiger charge is -2.11. The minimum atomic E-state index is -1.01. The first-order valence-electron chi connectivity index (χ1n) is 8.68. The minimum absolute atomic E-state index is 0.103. The normalized spacial score (nSPS) is 15.3. The lowest BCUT2D eigenvalue weighted by Crippen LogP contribution is -2.18. The van der Waals surface area contributed by atoms with E-state index in [9.17, 15) is 13.4 Å². The second-order valence-electron chi connectivity index (χ2n) is 6.46. The number of nitrogens with one attached hydrogen (secondary N) is 1. The van der Waals surface area contributed by atoms with Crippen molar-refractivity contribution in [3.63, 3.8) is 0 Å². The first-order chi connectivity index (χ1) is 13.5. The topological polar surface area (TPSA) is 73.2 Å². The molecule has 1 amide bonds. The van der Waals surface area contributed by atoms with Crippen LogP contribution in [0.1, 0.15) is 16.8 Å². The third-order valence-electron chi connectivity index (χ3n) is 4.52. The minimum Gasteiger partial charge on any atom is -0.497 e. The summed E-state index contributed by atoms with van der Waals surface area (Å²) in [4.78, 5) is 12.6. The van der Waals surface area contributed by atoms with Crippen LogP contribution in [-0.4, -0.2) is 27.0 Å². The molecule has 2 heterocycles. The zero-order valence-corrected chi connectivity index (χ0v) is 16.0. The van der Waals surface area contributed by atoms with Gasteiger partial charge in [-0.25, -0.2) is 9.07 Å². The lowest BCUT2D eigenvalue weighted by molar-refractivity contribution is -0.115. The number of aromatic nitrogens is 2. The molecule has 0 fully saturated rings. The number of hydrogen-bond acceptors (Lipinski definition) is 4. The van der Waals surface area contributed by atoms with E-state index in [0.29, 0.717) is 28.6 Å². The van der Waals surface area contributed by atoms with Gasteiger partial charge in [-0.3, -0.25) is 9.00 Å². The summed E-state index contributed by atoms with van der Waals surface area (Å²) >= 11 is 0. The van der Waals surface area contributed by atoms with Gasteiger partial charge in [-0.05, 0) is 42.0 Å². The Morgan fingerprint density at radius 1 is 1.18 bits per heavy atom. The Kier molecular flexibility index (Phi) is 4.95. The summed E-state index contributed by atoms with van der Waals surface area (Å²) in [6.07, 6.45) is 0.103. The number of nitrogens with zero attached hydrogens (tertiary/aromatic N) is 2. The fourth-order valence-electron chi connectivity index (χ4n) is 3.13. The molecule has 3 aromatic rings. The second kappa shape index (κ2) is 7.55. The van der Waals surface area contributed by atoms with Gasteiger partial charge in [-0.1, -0.05) is 12.1 Å². The van der Waals surface area contributed by atoms with Crippen LogP contribution in [0.3, 0.4) is 0 Å². The smallest absolute Gasteiger partial charge is 0.229 e. The van der Waals surface area contributed by atoms with E-state index >= 15 is 0 Å². The Morgan fingerprint density at radius 3 is 2.57 bits per heavy atom. The van der Waals surface area contributed by atoms with Crippen molar-refractivity contribution in [3.8, 4) is 11.4 Å². The van der Waals surface area contributed by atoms with Crippen LogP contribution in [0.4, 0.5) is 10.2 Å². The number of benzene rings is 2. The molecule has 8 heteroatoms. The van der Waals surface area contributed by atoms with Crippen molar-refractivity contribution in [3.05, 3.63) is 71.2 Å². The Balaban J connectivity index is 1.63. The van der Waals surface area contributed by atoms with Crippen LogP contribution >= 0.6 is 0 Å². The van der Waals surface area contributed by atoms with Gasteiger partial charge in [0.2, 0.25) is 5.91 Å². The SMILES string of the molecule is COc1ccc(-n2nc3c(c2NC(=O)Cc2ccc(F)cc2)C[S@@](=O)C3)cc1. The van der Waals surface area contributed by atoms with Crippen molar-refractivity contribution >= 4 is 22.5 Å². The first kappa shape index (κ1) is 18.4. The van der Waals surface area contributed by atoms with E-state index in [4.69, 9.17) is 4.74 Å². The van der Waals surface area contributed by atoms with E-state index in [1.165, 1.54) is 12.1 Å². The molecule has 1 N–H and O–H groups in total. The molecular weight excluding hydrogens is 381 g/mol. The predicted molar refractivity (Wildman–Crippen MR) is 104 cm³/mol. The van der Waals surface area contributed by atoms with Gasteiger partial charge in [0.05, 0.1) is 36.4 Å². The number of hydrogen-bond donors (Lipinski definition) is 1.